The molecule has 9 nitrogen and oxygen atoms in total. The van der Waals surface area contributed by atoms with Crippen molar-refractivity contribution in [2.75, 3.05) is 58.0 Å². The Balaban J connectivity index is 1.81. The fraction of sp³-hybridized carbons (Fsp3) is 0.632. The minimum atomic E-state index is -3.98. The SMILES string of the molecule is COC(=O)c1cccc(S(=O)(=O)N(CCCN2CCOCC2)C2CCS(=O)(=O)C2)c1. The normalized spacial score (nSPS) is 22.3. The van der Waals surface area contributed by atoms with Crippen molar-refractivity contribution >= 4 is 25.8 Å². The zero-order valence-electron chi connectivity index (χ0n) is 17.0. The van der Waals surface area contributed by atoms with Gasteiger partial charge in [0.1, 0.15) is 0 Å². The molecule has 0 bridgehead atoms. The highest BCUT2D eigenvalue weighted by molar-refractivity contribution is 7.92. The lowest BCUT2D eigenvalue weighted by atomic mass is 10.2. The second kappa shape index (κ2) is 9.73. The van der Waals surface area contributed by atoms with Crippen LogP contribution in [0, 0.1) is 0 Å². The van der Waals surface area contributed by atoms with Gasteiger partial charge in [-0.25, -0.2) is 21.6 Å². The lowest BCUT2D eigenvalue weighted by Gasteiger charge is -2.30. The molecule has 1 atom stereocenters. The van der Waals surface area contributed by atoms with Gasteiger partial charge < -0.3 is 9.47 Å². The zero-order chi connectivity index (χ0) is 21.8. The Labute approximate surface area is 177 Å². The average Bonchev–Trinajstić information content (AvgIpc) is 3.10. The van der Waals surface area contributed by atoms with Crippen molar-refractivity contribution in [1.82, 2.24) is 9.21 Å². The largest absolute Gasteiger partial charge is 0.465 e. The highest BCUT2D eigenvalue weighted by atomic mass is 32.2. The first-order valence-electron chi connectivity index (χ1n) is 9.94. The van der Waals surface area contributed by atoms with Crippen molar-refractivity contribution in [2.45, 2.75) is 23.8 Å². The Bertz CT molecular complexity index is 957. The van der Waals surface area contributed by atoms with Gasteiger partial charge in [0, 0.05) is 25.7 Å². The summed E-state index contributed by atoms with van der Waals surface area (Å²) in [5, 5.41) is 0. The lowest BCUT2D eigenvalue weighted by molar-refractivity contribution is 0.0367. The van der Waals surface area contributed by atoms with Crippen LogP contribution in [0.3, 0.4) is 0 Å². The molecule has 0 spiro atoms. The van der Waals surface area contributed by atoms with E-state index < -0.39 is 31.9 Å². The standard InChI is InChI=1S/C19H28N2O7S2/c1-27-19(22)16-4-2-5-18(14-16)30(25,26)21(17-6-13-29(23,24)15-17)8-3-7-20-9-11-28-12-10-20/h2,4-5,14,17H,3,6-13,15H2,1H3. The van der Waals surface area contributed by atoms with E-state index in [0.29, 0.717) is 26.2 Å². The molecule has 2 fully saturated rings. The van der Waals surface area contributed by atoms with Gasteiger partial charge in [0.25, 0.3) is 0 Å². The third-order valence-electron chi connectivity index (χ3n) is 5.43. The van der Waals surface area contributed by atoms with Crippen LogP contribution in [0.2, 0.25) is 0 Å². The Kier molecular flexibility index (Phi) is 7.51. The van der Waals surface area contributed by atoms with E-state index in [-0.39, 0.29) is 34.9 Å². The number of carbonyl (C=O) groups excluding carboxylic acids is 1. The number of sulfone groups is 1. The minimum Gasteiger partial charge on any atom is -0.465 e. The summed E-state index contributed by atoms with van der Waals surface area (Å²) in [6.07, 6.45) is 0.849. The van der Waals surface area contributed by atoms with Crippen LogP contribution in [0.15, 0.2) is 29.2 Å². The molecule has 168 valence electrons. The van der Waals surface area contributed by atoms with E-state index in [9.17, 15) is 21.6 Å². The molecule has 30 heavy (non-hydrogen) atoms. The lowest BCUT2D eigenvalue weighted by Crippen LogP contribution is -2.43. The quantitative estimate of drug-likeness (QED) is 0.512. The van der Waals surface area contributed by atoms with Crippen molar-refractivity contribution in [3.63, 3.8) is 0 Å². The number of benzene rings is 1. The number of nitrogens with zero attached hydrogens (tertiary/aromatic N) is 2. The highest BCUT2D eigenvalue weighted by Crippen LogP contribution is 2.26. The molecule has 1 unspecified atom stereocenters. The van der Waals surface area contributed by atoms with Crippen molar-refractivity contribution in [2.24, 2.45) is 0 Å². The van der Waals surface area contributed by atoms with Gasteiger partial charge in [0.05, 0.1) is 42.3 Å². The number of esters is 1. The number of rotatable bonds is 8. The van der Waals surface area contributed by atoms with Crippen LogP contribution in [0.25, 0.3) is 0 Å². The van der Waals surface area contributed by atoms with Crippen molar-refractivity contribution in [3.8, 4) is 0 Å². The number of hydrogen-bond donors (Lipinski definition) is 0. The second-order valence-electron chi connectivity index (χ2n) is 7.50. The van der Waals surface area contributed by atoms with Crippen LogP contribution in [-0.2, 0) is 29.3 Å². The molecule has 11 heteroatoms. The van der Waals surface area contributed by atoms with Gasteiger partial charge in [-0.2, -0.15) is 4.31 Å². The summed E-state index contributed by atoms with van der Waals surface area (Å²) in [5.41, 5.74) is 0.130. The third-order valence-corrected chi connectivity index (χ3v) is 9.13. The third kappa shape index (κ3) is 5.58. The highest BCUT2D eigenvalue weighted by Gasteiger charge is 2.38. The minimum absolute atomic E-state index is 0.0185. The van der Waals surface area contributed by atoms with Crippen LogP contribution in [-0.4, -0.2) is 96.1 Å². The first-order chi connectivity index (χ1) is 14.2. The maximum absolute atomic E-state index is 13.4. The monoisotopic (exact) mass is 460 g/mol. The Morgan fingerprint density at radius 3 is 2.67 bits per heavy atom. The van der Waals surface area contributed by atoms with E-state index in [1.54, 1.807) is 0 Å². The maximum atomic E-state index is 13.4. The average molecular weight is 461 g/mol. The van der Waals surface area contributed by atoms with E-state index in [0.717, 1.165) is 13.1 Å². The summed E-state index contributed by atoms with van der Waals surface area (Å²) < 4.78 is 62.2. The summed E-state index contributed by atoms with van der Waals surface area (Å²) in [6.45, 7) is 3.82. The van der Waals surface area contributed by atoms with Crippen LogP contribution in [0.1, 0.15) is 23.2 Å². The van der Waals surface area contributed by atoms with Crippen LogP contribution >= 0.6 is 0 Å². The van der Waals surface area contributed by atoms with Crippen LogP contribution in [0.5, 0.6) is 0 Å². The topological polar surface area (TPSA) is 110 Å². The molecule has 2 heterocycles. The Hall–Kier alpha value is -1.53. The first kappa shape index (κ1) is 23.1. The van der Waals surface area contributed by atoms with Gasteiger partial charge in [-0.15, -0.1) is 0 Å². The summed E-state index contributed by atoms with van der Waals surface area (Å²) in [4.78, 5) is 14.0. The number of methoxy groups -OCH3 is 1. The molecule has 2 aliphatic rings. The van der Waals surface area contributed by atoms with E-state index in [2.05, 4.69) is 9.64 Å². The van der Waals surface area contributed by atoms with E-state index in [1.165, 1.54) is 35.7 Å². The smallest absolute Gasteiger partial charge is 0.337 e. The molecule has 0 N–H and O–H groups in total. The van der Waals surface area contributed by atoms with Crippen LogP contribution < -0.4 is 0 Å². The Morgan fingerprint density at radius 1 is 1.30 bits per heavy atom. The summed E-state index contributed by atoms with van der Waals surface area (Å²) >= 11 is 0. The van der Waals surface area contributed by atoms with E-state index in [4.69, 9.17) is 4.74 Å². The molecule has 1 aromatic carbocycles. The molecule has 0 saturated carbocycles. The molecule has 2 saturated heterocycles. The predicted octanol–water partition coefficient (Wildman–Crippen LogP) is 0.373. The molecule has 0 amide bonds. The first-order valence-corrected chi connectivity index (χ1v) is 13.2. The molecule has 0 aromatic heterocycles. The van der Waals surface area contributed by atoms with Crippen molar-refractivity contribution in [3.05, 3.63) is 29.8 Å². The summed E-state index contributed by atoms with van der Waals surface area (Å²) in [6, 6.07) is 5.05. The number of sulfonamides is 1. The summed E-state index contributed by atoms with van der Waals surface area (Å²) in [7, 11) is -6.02. The Morgan fingerprint density at radius 2 is 2.03 bits per heavy atom. The van der Waals surface area contributed by atoms with Gasteiger partial charge in [-0.1, -0.05) is 6.07 Å². The predicted molar refractivity (Wildman–Crippen MR) is 111 cm³/mol. The number of carbonyl (C=O) groups is 1. The molecule has 0 aliphatic carbocycles. The van der Waals surface area contributed by atoms with Gasteiger partial charge in [0.2, 0.25) is 10.0 Å². The van der Waals surface area contributed by atoms with Crippen LogP contribution in [0.4, 0.5) is 0 Å². The zero-order valence-corrected chi connectivity index (χ0v) is 18.7. The number of ether oxygens (including phenoxy) is 2. The van der Waals surface area contributed by atoms with Crippen molar-refractivity contribution in [1.29, 1.82) is 0 Å². The van der Waals surface area contributed by atoms with Gasteiger partial charge in [-0.05, 0) is 37.6 Å². The van der Waals surface area contributed by atoms with E-state index >= 15 is 0 Å². The molecule has 1 aromatic rings. The van der Waals surface area contributed by atoms with E-state index in [1.807, 2.05) is 0 Å². The number of morpholine rings is 1. The molecular formula is C19H28N2O7S2. The fourth-order valence-corrected chi connectivity index (χ4v) is 7.38. The molecule has 0 radical (unpaired) electrons. The van der Waals surface area contributed by atoms with Gasteiger partial charge >= 0.3 is 5.97 Å². The molecule has 2 aliphatic heterocycles. The maximum Gasteiger partial charge on any atom is 0.337 e. The fourth-order valence-electron chi connectivity index (χ4n) is 3.81. The molecule has 3 rings (SSSR count). The van der Waals surface area contributed by atoms with Gasteiger partial charge in [0.15, 0.2) is 9.84 Å². The van der Waals surface area contributed by atoms with Gasteiger partial charge in [-0.3, -0.25) is 4.90 Å². The molecular weight excluding hydrogens is 432 g/mol. The summed E-state index contributed by atoms with van der Waals surface area (Å²) in [5.74, 6) is -0.829. The second-order valence-corrected chi connectivity index (χ2v) is 11.6. The van der Waals surface area contributed by atoms with Crippen molar-refractivity contribution < 1.29 is 31.1 Å². The number of hydrogen-bond acceptors (Lipinski definition) is 8.